The minimum atomic E-state index is -0.702. The Kier molecular flexibility index (Phi) is 4.88. The lowest BCUT2D eigenvalue weighted by molar-refractivity contribution is -0.110. The molecule has 2 amide bonds. The van der Waals surface area contributed by atoms with Crippen molar-refractivity contribution < 1.29 is 18.0 Å². The van der Waals surface area contributed by atoms with Gasteiger partial charge in [0.15, 0.2) is 0 Å². The third-order valence-corrected chi connectivity index (χ3v) is 6.53. The number of halogens is 3. The molecule has 0 radical (unpaired) electrons. The van der Waals surface area contributed by atoms with Crippen molar-refractivity contribution in [1.29, 1.82) is 0 Å². The van der Waals surface area contributed by atoms with Crippen LogP contribution in [-0.4, -0.2) is 32.2 Å². The molecule has 7 nitrogen and oxygen atoms in total. The third-order valence-electron chi connectivity index (χ3n) is 6.22. The van der Waals surface area contributed by atoms with E-state index in [9.17, 15) is 13.6 Å². The number of hydrogen-bond donors (Lipinski definition) is 1. The summed E-state index contributed by atoms with van der Waals surface area (Å²) in [5.41, 5.74) is -0.0344. The fraction of sp³-hybridized carbons (Fsp3) is 0.364. The van der Waals surface area contributed by atoms with Gasteiger partial charge in [0.1, 0.15) is 17.2 Å². The van der Waals surface area contributed by atoms with Gasteiger partial charge in [-0.15, -0.1) is 10.2 Å². The van der Waals surface area contributed by atoms with E-state index >= 15 is 0 Å². The quantitative estimate of drug-likeness (QED) is 0.574. The summed E-state index contributed by atoms with van der Waals surface area (Å²) in [7, 11) is 0. The van der Waals surface area contributed by atoms with Crippen LogP contribution in [0.4, 0.5) is 19.3 Å². The van der Waals surface area contributed by atoms with Gasteiger partial charge in [-0.1, -0.05) is 18.5 Å². The number of pyridine rings is 1. The molecule has 1 aromatic carbocycles. The Morgan fingerprint density at radius 3 is 2.78 bits per heavy atom. The molecule has 32 heavy (non-hydrogen) atoms. The molecule has 0 spiro atoms. The molecule has 2 aliphatic rings. The van der Waals surface area contributed by atoms with E-state index in [1.807, 2.05) is 0 Å². The summed E-state index contributed by atoms with van der Waals surface area (Å²) < 4.78 is 34.0. The van der Waals surface area contributed by atoms with Crippen molar-refractivity contribution >= 4 is 23.3 Å². The molecule has 1 saturated heterocycles. The number of carbonyl (C=O) groups excluding carboxylic acids is 1. The highest BCUT2D eigenvalue weighted by atomic mass is 35.5. The van der Waals surface area contributed by atoms with Gasteiger partial charge in [0.05, 0.1) is 16.9 Å². The molecular formula is C22H20ClF2N5O2. The van der Waals surface area contributed by atoms with Crippen molar-refractivity contribution in [2.45, 2.75) is 44.7 Å². The molecule has 10 heteroatoms. The lowest BCUT2D eigenvalue weighted by atomic mass is 9.64. The van der Waals surface area contributed by atoms with Gasteiger partial charge in [0.25, 0.3) is 0 Å². The SMILES string of the molecule is Cc1nnc([C@@]23C[C@H](C)C[C@@H](C2)N3C(=O)Nc2cc(-c3cncc(F)c3)c(Cl)cc2F)o1. The summed E-state index contributed by atoms with van der Waals surface area (Å²) in [5.74, 6) is -0.0418. The minimum absolute atomic E-state index is 0.00629. The number of nitrogens with one attached hydrogen (secondary N) is 1. The fourth-order valence-corrected chi connectivity index (χ4v) is 5.29. The third kappa shape index (κ3) is 3.31. The maximum atomic E-state index is 14.7. The molecule has 1 N–H and O–H groups in total. The van der Waals surface area contributed by atoms with Crippen LogP contribution in [0.2, 0.25) is 5.02 Å². The molecule has 3 heterocycles. The highest BCUT2D eigenvalue weighted by Crippen LogP contribution is 2.55. The predicted octanol–water partition coefficient (Wildman–Crippen LogP) is 5.30. The minimum Gasteiger partial charge on any atom is -0.423 e. The maximum Gasteiger partial charge on any atom is 0.323 e. The van der Waals surface area contributed by atoms with Crippen molar-refractivity contribution in [2.75, 3.05) is 5.32 Å². The molecule has 1 saturated carbocycles. The van der Waals surface area contributed by atoms with E-state index < -0.39 is 23.2 Å². The van der Waals surface area contributed by atoms with Crippen molar-refractivity contribution in [2.24, 2.45) is 5.92 Å². The van der Waals surface area contributed by atoms with Gasteiger partial charge in [0, 0.05) is 36.7 Å². The van der Waals surface area contributed by atoms with Crippen LogP contribution in [0.1, 0.15) is 38.0 Å². The molecule has 1 aliphatic heterocycles. The van der Waals surface area contributed by atoms with E-state index in [0.29, 0.717) is 35.2 Å². The van der Waals surface area contributed by atoms with Gasteiger partial charge in [-0.2, -0.15) is 0 Å². The van der Waals surface area contributed by atoms with E-state index in [-0.39, 0.29) is 16.8 Å². The van der Waals surface area contributed by atoms with Crippen LogP contribution in [0, 0.1) is 24.5 Å². The molecule has 0 unspecified atom stereocenters. The Hall–Kier alpha value is -3.07. The Balaban J connectivity index is 1.47. The summed E-state index contributed by atoms with van der Waals surface area (Å²) in [5, 5.41) is 10.8. The van der Waals surface area contributed by atoms with Crippen molar-refractivity contribution in [3.05, 3.63) is 59.0 Å². The first-order valence-electron chi connectivity index (χ1n) is 10.3. The van der Waals surface area contributed by atoms with Crippen LogP contribution in [0.3, 0.4) is 0 Å². The molecule has 1 aliphatic carbocycles. The summed E-state index contributed by atoms with van der Waals surface area (Å²) in [6.07, 6.45) is 4.72. The van der Waals surface area contributed by atoms with Gasteiger partial charge in [-0.25, -0.2) is 13.6 Å². The molecule has 2 bridgehead atoms. The molecular weight excluding hydrogens is 440 g/mol. The number of hydrogen-bond acceptors (Lipinski definition) is 5. The fourth-order valence-electron chi connectivity index (χ4n) is 5.03. The Morgan fingerprint density at radius 2 is 2.06 bits per heavy atom. The maximum absolute atomic E-state index is 14.7. The van der Waals surface area contributed by atoms with Gasteiger partial charge in [-0.05, 0) is 37.0 Å². The van der Waals surface area contributed by atoms with Crippen LogP contribution in [0.15, 0.2) is 35.0 Å². The number of urea groups is 1. The first-order chi connectivity index (χ1) is 15.3. The largest absolute Gasteiger partial charge is 0.423 e. The number of aryl methyl sites for hydroxylation is 1. The number of carbonyl (C=O) groups is 1. The number of nitrogens with zero attached hydrogens (tertiary/aromatic N) is 4. The first-order valence-corrected chi connectivity index (χ1v) is 10.7. The second-order valence-electron chi connectivity index (χ2n) is 8.56. The zero-order valence-electron chi connectivity index (χ0n) is 17.4. The first kappa shape index (κ1) is 20.8. The number of fused-ring (bicyclic) bond motifs is 2. The van der Waals surface area contributed by atoms with E-state index in [4.69, 9.17) is 16.0 Å². The van der Waals surface area contributed by atoms with Crippen molar-refractivity contribution in [3.8, 4) is 11.1 Å². The average Bonchev–Trinajstić information content (AvgIpc) is 3.16. The summed E-state index contributed by atoms with van der Waals surface area (Å²) in [4.78, 5) is 18.8. The van der Waals surface area contributed by atoms with Gasteiger partial charge >= 0.3 is 6.03 Å². The topological polar surface area (TPSA) is 84.2 Å². The number of amides is 2. The predicted molar refractivity (Wildman–Crippen MR) is 113 cm³/mol. The number of anilines is 1. The molecule has 5 rings (SSSR count). The number of rotatable bonds is 3. The van der Waals surface area contributed by atoms with Gasteiger partial charge in [0.2, 0.25) is 11.8 Å². The molecule has 166 valence electrons. The second-order valence-corrected chi connectivity index (χ2v) is 8.97. The van der Waals surface area contributed by atoms with E-state index in [0.717, 1.165) is 25.1 Å². The summed E-state index contributed by atoms with van der Waals surface area (Å²) in [6.45, 7) is 3.82. The number of piperidine rings is 1. The standard InChI is InChI=1S/C22H20ClF2N5O2/c1-11-3-15-8-22(7-11,20-29-28-12(2)32-20)30(15)21(31)27-19-5-16(17(23)6-18(19)25)13-4-14(24)10-26-9-13/h4-6,9-11,15H,3,7-8H2,1-2H3,(H,27,31)/t11-,15+,22-/m1/s1. The highest BCUT2D eigenvalue weighted by Gasteiger charge is 2.62. The Morgan fingerprint density at radius 1 is 1.25 bits per heavy atom. The number of aromatic nitrogens is 3. The highest BCUT2D eigenvalue weighted by molar-refractivity contribution is 6.33. The molecule has 3 aromatic rings. The smallest absolute Gasteiger partial charge is 0.323 e. The van der Waals surface area contributed by atoms with Gasteiger partial charge < -0.3 is 14.6 Å². The lowest BCUT2D eigenvalue weighted by Gasteiger charge is -2.61. The van der Waals surface area contributed by atoms with Crippen LogP contribution < -0.4 is 5.32 Å². The van der Waals surface area contributed by atoms with E-state index in [2.05, 4.69) is 27.4 Å². The Labute approximate surface area is 187 Å². The van der Waals surface area contributed by atoms with Crippen molar-refractivity contribution in [3.63, 3.8) is 0 Å². The lowest BCUT2D eigenvalue weighted by Crippen LogP contribution is -2.70. The monoisotopic (exact) mass is 459 g/mol. The number of likely N-dealkylation sites (tertiary alicyclic amines) is 1. The molecule has 2 aromatic heterocycles. The summed E-state index contributed by atoms with van der Waals surface area (Å²) in [6, 6.07) is 3.24. The average molecular weight is 460 g/mol. The van der Waals surface area contributed by atoms with Crippen LogP contribution in [0.5, 0.6) is 0 Å². The van der Waals surface area contributed by atoms with E-state index in [1.165, 1.54) is 18.3 Å². The van der Waals surface area contributed by atoms with Crippen LogP contribution in [0.25, 0.3) is 11.1 Å². The normalized spacial score (nSPS) is 24.2. The van der Waals surface area contributed by atoms with Crippen LogP contribution in [-0.2, 0) is 5.54 Å². The Bertz CT molecular complexity index is 1220. The number of benzene rings is 1. The summed E-state index contributed by atoms with van der Waals surface area (Å²) >= 11 is 6.18. The zero-order valence-corrected chi connectivity index (χ0v) is 18.2. The molecule has 3 atom stereocenters. The van der Waals surface area contributed by atoms with Gasteiger partial charge in [-0.3, -0.25) is 4.98 Å². The molecule has 2 fully saturated rings. The van der Waals surface area contributed by atoms with E-state index in [1.54, 1.807) is 11.8 Å². The second kappa shape index (κ2) is 7.51. The van der Waals surface area contributed by atoms with Crippen molar-refractivity contribution in [1.82, 2.24) is 20.1 Å². The van der Waals surface area contributed by atoms with Crippen LogP contribution >= 0.6 is 11.6 Å². The zero-order chi connectivity index (χ0) is 22.6.